The van der Waals surface area contributed by atoms with Crippen LogP contribution in [0.15, 0.2) is 89.8 Å². The van der Waals surface area contributed by atoms with Crippen molar-refractivity contribution in [1.82, 2.24) is 5.32 Å². The van der Waals surface area contributed by atoms with Crippen LogP contribution in [0.1, 0.15) is 23.1 Å². The maximum Gasteiger partial charge on any atom is 0.296 e. The van der Waals surface area contributed by atoms with Gasteiger partial charge in [0, 0.05) is 12.0 Å². The third kappa shape index (κ3) is 4.96. The van der Waals surface area contributed by atoms with Crippen LogP contribution >= 0.6 is 0 Å². The van der Waals surface area contributed by atoms with Crippen molar-refractivity contribution in [1.29, 1.82) is 0 Å². The van der Waals surface area contributed by atoms with Gasteiger partial charge in [-0.05, 0) is 36.6 Å². The first kappa shape index (κ1) is 21.7. The van der Waals surface area contributed by atoms with Crippen molar-refractivity contribution >= 4 is 16.5 Å². The first-order valence-corrected chi connectivity index (χ1v) is 11.1. The summed E-state index contributed by atoms with van der Waals surface area (Å²) in [5, 5.41) is 2.79. The van der Waals surface area contributed by atoms with Crippen molar-refractivity contribution in [2.24, 2.45) is 0 Å². The quantitative estimate of drug-likeness (QED) is 0.397. The molecule has 3 aromatic carbocycles. The molecule has 6 heteroatoms. The minimum Gasteiger partial charge on any atom is -0.357 e. The van der Waals surface area contributed by atoms with Crippen LogP contribution in [0.5, 0.6) is 0 Å². The zero-order valence-electron chi connectivity index (χ0n) is 16.8. The van der Waals surface area contributed by atoms with E-state index in [1.165, 1.54) is 0 Å². The molecule has 0 heterocycles. The average molecular weight is 424 g/mol. The first-order valence-electron chi connectivity index (χ1n) is 9.72. The summed E-state index contributed by atoms with van der Waals surface area (Å²) >= 11 is 0. The zero-order valence-corrected chi connectivity index (χ0v) is 17.6. The Kier molecular flexibility index (Phi) is 7.03. The second-order valence-electron chi connectivity index (χ2n) is 7.15. The summed E-state index contributed by atoms with van der Waals surface area (Å²) in [6, 6.07) is 26.0. The van der Waals surface area contributed by atoms with Crippen LogP contribution in [0.25, 0.3) is 0 Å². The molecule has 0 aliphatic carbocycles. The van der Waals surface area contributed by atoms with Crippen LogP contribution < -0.4 is 5.32 Å². The van der Waals surface area contributed by atoms with E-state index in [2.05, 4.69) is 5.32 Å². The van der Waals surface area contributed by atoms with Gasteiger partial charge in [-0.1, -0.05) is 78.4 Å². The summed E-state index contributed by atoms with van der Waals surface area (Å²) in [6.45, 7) is 2.18. The summed E-state index contributed by atoms with van der Waals surface area (Å²) in [5.41, 5.74) is 2.29. The molecule has 1 N–H and O–H groups in total. The Morgan fingerprint density at radius 1 is 0.867 bits per heavy atom. The third-order valence-corrected chi connectivity index (χ3v) is 6.54. The van der Waals surface area contributed by atoms with Crippen molar-refractivity contribution in [3.8, 4) is 0 Å². The summed E-state index contributed by atoms with van der Waals surface area (Å²) in [5.74, 6) is 0. The van der Waals surface area contributed by atoms with Crippen molar-refractivity contribution in [3.05, 3.63) is 102 Å². The van der Waals surface area contributed by atoms with Crippen molar-refractivity contribution in [2.75, 3.05) is 13.2 Å². The van der Waals surface area contributed by atoms with Gasteiger partial charge in [-0.25, -0.2) is 0 Å². The normalized spacial score (nSPS) is 11.8. The molecule has 30 heavy (non-hydrogen) atoms. The van der Waals surface area contributed by atoms with Gasteiger partial charge < -0.3 is 5.32 Å². The molecule has 3 rings (SSSR count). The summed E-state index contributed by atoms with van der Waals surface area (Å²) < 4.78 is 30.6. The Labute approximate surface area is 177 Å². The topological polar surface area (TPSA) is 72.5 Å². The number of carbonyl (C=O) groups is 1. The standard InChI is InChI=1S/C24H25NO4S/c1-20-12-14-23(15-13-20)30(27,28)29-17-16-24(18-25-19-26,21-8-4-2-5-9-21)22-10-6-3-7-11-22/h2-15,19H,16-18H2,1H3,(H,25,26). The number of amides is 1. The molecule has 0 radical (unpaired) electrons. The van der Waals surface area contributed by atoms with Gasteiger partial charge in [0.25, 0.3) is 10.1 Å². The maximum atomic E-state index is 12.6. The van der Waals surface area contributed by atoms with Crippen LogP contribution in [0, 0.1) is 6.92 Å². The lowest BCUT2D eigenvalue weighted by Crippen LogP contribution is -2.40. The Morgan fingerprint density at radius 3 is 1.90 bits per heavy atom. The molecule has 0 bridgehead atoms. The molecular formula is C24H25NO4S. The van der Waals surface area contributed by atoms with Crippen LogP contribution in [-0.4, -0.2) is 28.0 Å². The number of rotatable bonds is 10. The largest absolute Gasteiger partial charge is 0.357 e. The molecule has 0 aromatic heterocycles. The molecule has 0 saturated heterocycles. The summed E-state index contributed by atoms with van der Waals surface area (Å²) in [7, 11) is -3.87. The minimum absolute atomic E-state index is 0.0272. The van der Waals surface area contributed by atoms with Gasteiger partial charge in [-0.2, -0.15) is 8.42 Å². The van der Waals surface area contributed by atoms with Gasteiger partial charge >= 0.3 is 0 Å². The van der Waals surface area contributed by atoms with E-state index in [0.29, 0.717) is 19.4 Å². The lowest BCUT2D eigenvalue weighted by Gasteiger charge is -2.35. The summed E-state index contributed by atoms with van der Waals surface area (Å²) in [6.07, 6.45) is 1.03. The maximum absolute atomic E-state index is 12.6. The van der Waals surface area contributed by atoms with E-state index in [-0.39, 0.29) is 11.5 Å². The fraction of sp³-hybridized carbons (Fsp3) is 0.208. The molecule has 1 amide bonds. The molecule has 0 unspecified atom stereocenters. The minimum atomic E-state index is -3.87. The van der Waals surface area contributed by atoms with E-state index in [4.69, 9.17) is 4.18 Å². The number of aryl methyl sites for hydroxylation is 1. The fourth-order valence-electron chi connectivity index (χ4n) is 3.58. The second-order valence-corrected chi connectivity index (χ2v) is 8.77. The highest BCUT2D eigenvalue weighted by atomic mass is 32.2. The highest BCUT2D eigenvalue weighted by Crippen LogP contribution is 2.35. The van der Waals surface area contributed by atoms with Gasteiger partial charge in [0.2, 0.25) is 6.41 Å². The van der Waals surface area contributed by atoms with E-state index in [1.807, 2.05) is 67.6 Å². The molecule has 0 aliphatic rings. The molecule has 0 atom stereocenters. The smallest absolute Gasteiger partial charge is 0.296 e. The lowest BCUT2D eigenvalue weighted by atomic mass is 9.72. The van der Waals surface area contributed by atoms with E-state index in [9.17, 15) is 13.2 Å². The summed E-state index contributed by atoms with van der Waals surface area (Å²) in [4.78, 5) is 11.3. The van der Waals surface area contributed by atoms with Gasteiger partial charge in [0.15, 0.2) is 0 Å². The van der Waals surface area contributed by atoms with Gasteiger partial charge in [-0.15, -0.1) is 0 Å². The molecule has 0 aliphatic heterocycles. The molecule has 3 aromatic rings. The third-order valence-electron chi connectivity index (χ3n) is 5.22. The van der Waals surface area contributed by atoms with Gasteiger partial charge in [0.05, 0.1) is 11.5 Å². The van der Waals surface area contributed by atoms with Crippen LogP contribution in [0.2, 0.25) is 0 Å². The predicted octanol–water partition coefficient (Wildman–Crippen LogP) is 3.82. The molecule has 0 spiro atoms. The van der Waals surface area contributed by atoms with Gasteiger partial charge in [-0.3, -0.25) is 8.98 Å². The van der Waals surface area contributed by atoms with Gasteiger partial charge in [0.1, 0.15) is 0 Å². The Morgan fingerprint density at radius 2 is 1.40 bits per heavy atom. The Hall–Kier alpha value is -2.96. The van der Waals surface area contributed by atoms with Crippen molar-refractivity contribution in [2.45, 2.75) is 23.7 Å². The highest BCUT2D eigenvalue weighted by Gasteiger charge is 2.34. The first-order chi connectivity index (χ1) is 14.5. The van der Waals surface area contributed by atoms with Crippen LogP contribution in [-0.2, 0) is 24.5 Å². The average Bonchev–Trinajstić information content (AvgIpc) is 2.77. The molecular weight excluding hydrogens is 398 g/mol. The number of nitrogens with one attached hydrogen (secondary N) is 1. The molecule has 0 saturated carbocycles. The molecule has 0 fully saturated rings. The van der Waals surface area contributed by atoms with E-state index in [1.54, 1.807) is 24.3 Å². The van der Waals surface area contributed by atoms with Crippen LogP contribution in [0.4, 0.5) is 0 Å². The second kappa shape index (κ2) is 9.69. The van der Waals surface area contributed by atoms with E-state index >= 15 is 0 Å². The monoisotopic (exact) mass is 423 g/mol. The highest BCUT2D eigenvalue weighted by molar-refractivity contribution is 7.86. The van der Waals surface area contributed by atoms with Crippen molar-refractivity contribution < 1.29 is 17.4 Å². The Bertz CT molecular complexity index is 1010. The van der Waals surface area contributed by atoms with Crippen molar-refractivity contribution in [3.63, 3.8) is 0 Å². The fourth-order valence-corrected chi connectivity index (χ4v) is 4.48. The number of hydrogen-bond donors (Lipinski definition) is 1. The number of carbonyl (C=O) groups excluding carboxylic acids is 1. The Balaban J connectivity index is 1.90. The number of hydrogen-bond acceptors (Lipinski definition) is 4. The SMILES string of the molecule is Cc1ccc(S(=O)(=O)OCCC(CNC=O)(c2ccccc2)c2ccccc2)cc1. The molecule has 5 nitrogen and oxygen atoms in total. The van der Waals surface area contributed by atoms with E-state index < -0.39 is 15.5 Å². The number of benzene rings is 3. The van der Waals surface area contributed by atoms with Crippen LogP contribution in [0.3, 0.4) is 0 Å². The lowest BCUT2D eigenvalue weighted by molar-refractivity contribution is -0.109. The molecule has 156 valence electrons. The zero-order chi connectivity index (χ0) is 21.5. The van der Waals surface area contributed by atoms with E-state index in [0.717, 1.165) is 16.7 Å². The predicted molar refractivity (Wildman–Crippen MR) is 117 cm³/mol.